The van der Waals surface area contributed by atoms with E-state index in [1.807, 2.05) is 6.92 Å². The molecular weight excluding hydrogens is 446 g/mol. The van der Waals surface area contributed by atoms with Gasteiger partial charge in [-0.05, 0) is 25.7 Å². The molecule has 0 aromatic rings. The van der Waals surface area contributed by atoms with Gasteiger partial charge in [0.1, 0.15) is 11.8 Å². The maximum Gasteiger partial charge on any atom is 0.326 e. The molecule has 7 nitrogen and oxygen atoms in total. The lowest BCUT2D eigenvalue weighted by Crippen LogP contribution is -2.41. The van der Waals surface area contributed by atoms with Crippen LogP contribution in [0.2, 0.25) is 0 Å². The van der Waals surface area contributed by atoms with Gasteiger partial charge in [-0.3, -0.25) is 14.4 Å². The second kappa shape index (κ2) is 23.8. The van der Waals surface area contributed by atoms with Crippen LogP contribution in [0.3, 0.4) is 0 Å². The number of unbranched alkanes of at least 4 members (excludes halogenated alkanes) is 15. The van der Waals surface area contributed by atoms with Crippen molar-refractivity contribution in [1.29, 1.82) is 0 Å². The van der Waals surface area contributed by atoms with E-state index in [9.17, 15) is 24.3 Å². The summed E-state index contributed by atoms with van der Waals surface area (Å²) in [6.45, 7) is 1.91. The quantitative estimate of drug-likeness (QED) is 0.113. The Labute approximate surface area is 212 Å². The Balaban J connectivity index is 3.47. The molecule has 7 heteroatoms. The molecule has 1 atom stereocenters. The van der Waals surface area contributed by atoms with Crippen LogP contribution in [0.4, 0.5) is 0 Å². The van der Waals surface area contributed by atoms with Crippen molar-refractivity contribution < 1.29 is 29.4 Å². The summed E-state index contributed by atoms with van der Waals surface area (Å²) < 4.78 is 0. The first-order valence-corrected chi connectivity index (χ1v) is 14.1. The molecule has 0 spiro atoms. The summed E-state index contributed by atoms with van der Waals surface area (Å²) >= 11 is 0. The first kappa shape index (κ1) is 33.1. The number of nitrogens with one attached hydrogen (secondary N) is 1. The number of rotatable bonds is 26. The van der Waals surface area contributed by atoms with Crippen molar-refractivity contribution in [2.45, 2.75) is 154 Å². The van der Waals surface area contributed by atoms with Crippen LogP contribution in [-0.4, -0.2) is 39.9 Å². The Morgan fingerprint density at radius 2 is 0.971 bits per heavy atom. The van der Waals surface area contributed by atoms with Crippen LogP contribution in [0.5, 0.6) is 0 Å². The predicted molar refractivity (Wildman–Crippen MR) is 139 cm³/mol. The standard InChI is InChI=1S/C28H51NO6/c1-2-19-24(30)22-23-25(28(34)35)29-26(31)20-17-15-13-11-9-7-5-3-4-6-8-10-12-14-16-18-21-27(32)33/h25H,2-23H2,1H3,(H,29,31)(H,32,33)(H,34,35)/t25-/m0/s1. The third-order valence-corrected chi connectivity index (χ3v) is 6.42. The molecule has 0 aromatic heterocycles. The number of ketones is 1. The molecule has 0 aliphatic rings. The summed E-state index contributed by atoms with van der Waals surface area (Å²) in [5.41, 5.74) is 0. The number of Topliss-reactive ketones (excluding diaryl/α,β-unsaturated/α-hetero) is 1. The molecule has 0 aliphatic carbocycles. The third kappa shape index (κ3) is 23.6. The maximum absolute atomic E-state index is 12.0. The number of carboxylic acid groups (broad SMARTS) is 2. The molecule has 0 heterocycles. The minimum absolute atomic E-state index is 0.0475. The highest BCUT2D eigenvalue weighted by Gasteiger charge is 2.20. The SMILES string of the molecule is CCCC(=O)CC[C@H](NC(=O)CCCCCCCCCCCCCCCCCCC(=O)O)C(=O)O. The van der Waals surface area contributed by atoms with E-state index in [1.165, 1.54) is 64.2 Å². The lowest BCUT2D eigenvalue weighted by Gasteiger charge is -2.14. The number of amides is 1. The highest BCUT2D eigenvalue weighted by molar-refractivity contribution is 5.84. The van der Waals surface area contributed by atoms with Gasteiger partial charge in [-0.25, -0.2) is 4.79 Å². The van der Waals surface area contributed by atoms with E-state index in [4.69, 9.17) is 5.11 Å². The molecule has 0 radical (unpaired) electrons. The summed E-state index contributed by atoms with van der Waals surface area (Å²) in [6, 6.07) is -0.973. The Morgan fingerprint density at radius 3 is 1.34 bits per heavy atom. The molecule has 0 bridgehead atoms. The van der Waals surface area contributed by atoms with E-state index in [-0.39, 0.29) is 24.5 Å². The van der Waals surface area contributed by atoms with Gasteiger partial charge in [0.05, 0.1) is 0 Å². The van der Waals surface area contributed by atoms with Gasteiger partial charge in [-0.2, -0.15) is 0 Å². The molecule has 0 unspecified atom stereocenters. The van der Waals surface area contributed by atoms with Crippen LogP contribution in [-0.2, 0) is 19.2 Å². The normalized spacial score (nSPS) is 11.8. The minimum atomic E-state index is -1.08. The molecule has 0 fully saturated rings. The van der Waals surface area contributed by atoms with Crippen molar-refractivity contribution in [3.63, 3.8) is 0 Å². The van der Waals surface area contributed by atoms with Crippen molar-refractivity contribution in [2.24, 2.45) is 0 Å². The van der Waals surface area contributed by atoms with E-state index in [2.05, 4.69) is 5.32 Å². The van der Waals surface area contributed by atoms with Gasteiger partial charge in [-0.1, -0.05) is 96.8 Å². The van der Waals surface area contributed by atoms with E-state index in [1.54, 1.807) is 0 Å². The van der Waals surface area contributed by atoms with Crippen LogP contribution >= 0.6 is 0 Å². The largest absolute Gasteiger partial charge is 0.481 e. The smallest absolute Gasteiger partial charge is 0.326 e. The fourth-order valence-electron chi connectivity index (χ4n) is 4.27. The maximum atomic E-state index is 12.0. The topological polar surface area (TPSA) is 121 Å². The molecule has 0 saturated heterocycles. The third-order valence-electron chi connectivity index (χ3n) is 6.42. The van der Waals surface area contributed by atoms with Gasteiger partial charge in [0.25, 0.3) is 0 Å². The van der Waals surface area contributed by atoms with Crippen molar-refractivity contribution >= 4 is 23.6 Å². The molecule has 0 rings (SSSR count). The van der Waals surface area contributed by atoms with E-state index in [0.717, 1.165) is 44.9 Å². The van der Waals surface area contributed by atoms with Crippen LogP contribution in [0.25, 0.3) is 0 Å². The van der Waals surface area contributed by atoms with Crippen LogP contribution in [0, 0.1) is 0 Å². The Morgan fingerprint density at radius 1 is 0.571 bits per heavy atom. The second-order valence-corrected chi connectivity index (χ2v) is 9.84. The minimum Gasteiger partial charge on any atom is -0.481 e. The molecule has 3 N–H and O–H groups in total. The molecule has 0 aromatic carbocycles. The zero-order valence-electron chi connectivity index (χ0n) is 22.2. The summed E-state index contributed by atoms with van der Waals surface area (Å²) in [5, 5.41) is 20.4. The summed E-state index contributed by atoms with van der Waals surface area (Å²) in [7, 11) is 0. The summed E-state index contributed by atoms with van der Waals surface area (Å²) in [4.78, 5) is 45.4. The van der Waals surface area contributed by atoms with Crippen LogP contribution in [0.1, 0.15) is 148 Å². The average Bonchev–Trinajstić information content (AvgIpc) is 2.80. The number of carbonyl (C=O) groups excluding carboxylic acids is 2. The van der Waals surface area contributed by atoms with Crippen LogP contribution in [0.15, 0.2) is 0 Å². The number of carbonyl (C=O) groups is 4. The van der Waals surface area contributed by atoms with Crippen LogP contribution < -0.4 is 5.32 Å². The van der Waals surface area contributed by atoms with Gasteiger partial charge in [-0.15, -0.1) is 0 Å². The van der Waals surface area contributed by atoms with Gasteiger partial charge >= 0.3 is 11.9 Å². The lowest BCUT2D eigenvalue weighted by molar-refractivity contribution is -0.142. The highest BCUT2D eigenvalue weighted by atomic mass is 16.4. The molecule has 204 valence electrons. The van der Waals surface area contributed by atoms with E-state index < -0.39 is 18.0 Å². The summed E-state index contributed by atoms with van der Waals surface area (Å²) in [6.07, 6.45) is 20.7. The van der Waals surface area contributed by atoms with Crippen molar-refractivity contribution in [1.82, 2.24) is 5.32 Å². The zero-order valence-corrected chi connectivity index (χ0v) is 22.2. The van der Waals surface area contributed by atoms with Gasteiger partial charge in [0.2, 0.25) is 5.91 Å². The van der Waals surface area contributed by atoms with Crippen molar-refractivity contribution in [3.8, 4) is 0 Å². The van der Waals surface area contributed by atoms with Gasteiger partial charge in [0.15, 0.2) is 0 Å². The summed E-state index contributed by atoms with van der Waals surface area (Å²) in [5.74, 6) is -1.95. The molecule has 0 saturated carbocycles. The first-order valence-electron chi connectivity index (χ1n) is 14.1. The Kier molecular flexibility index (Phi) is 22.5. The monoisotopic (exact) mass is 497 g/mol. The predicted octanol–water partition coefficient (Wildman–Crippen LogP) is 6.81. The number of carboxylic acids is 2. The molecule has 1 amide bonds. The fourth-order valence-corrected chi connectivity index (χ4v) is 4.27. The number of aliphatic carboxylic acids is 2. The first-order chi connectivity index (χ1) is 16.9. The zero-order chi connectivity index (χ0) is 26.2. The fraction of sp³-hybridized carbons (Fsp3) is 0.857. The molecular formula is C28H51NO6. The number of hydrogen-bond donors (Lipinski definition) is 3. The number of hydrogen-bond acceptors (Lipinski definition) is 4. The van der Waals surface area contributed by atoms with Gasteiger partial charge in [0, 0.05) is 25.7 Å². The van der Waals surface area contributed by atoms with E-state index >= 15 is 0 Å². The van der Waals surface area contributed by atoms with Crippen molar-refractivity contribution in [2.75, 3.05) is 0 Å². The van der Waals surface area contributed by atoms with Gasteiger partial charge < -0.3 is 15.5 Å². The Hall–Kier alpha value is -1.92. The second-order valence-electron chi connectivity index (χ2n) is 9.84. The van der Waals surface area contributed by atoms with Crippen molar-refractivity contribution in [3.05, 3.63) is 0 Å². The highest BCUT2D eigenvalue weighted by Crippen LogP contribution is 2.14. The average molecular weight is 498 g/mol. The molecule has 0 aliphatic heterocycles. The van der Waals surface area contributed by atoms with E-state index in [0.29, 0.717) is 19.3 Å². The lowest BCUT2D eigenvalue weighted by atomic mass is 10.0. The molecule has 35 heavy (non-hydrogen) atoms. The Bertz CT molecular complexity index is 578.